The minimum absolute atomic E-state index is 0.0907. The Labute approximate surface area is 123 Å². The number of hydrogen-bond donors (Lipinski definition) is 0. The van der Waals surface area contributed by atoms with E-state index in [0.29, 0.717) is 11.7 Å². The van der Waals surface area contributed by atoms with Gasteiger partial charge in [0.1, 0.15) is 0 Å². The second kappa shape index (κ2) is 6.90. The molecule has 0 atom stereocenters. The molecular weight excluding hydrogens is 280 g/mol. The summed E-state index contributed by atoms with van der Waals surface area (Å²) in [6.45, 7) is 4.57. The highest BCUT2D eigenvalue weighted by Gasteiger charge is 2.21. The Bertz CT molecular complexity index is 473. The fourth-order valence-electron chi connectivity index (χ4n) is 2.57. The van der Waals surface area contributed by atoms with Gasteiger partial charge in [0.05, 0.1) is 16.9 Å². The Morgan fingerprint density at radius 3 is 2.70 bits per heavy atom. The molecule has 1 aliphatic rings. The number of benzene rings is 1. The predicted octanol–water partition coefficient (Wildman–Crippen LogP) is 3.34. The van der Waals surface area contributed by atoms with E-state index >= 15 is 0 Å². The molecule has 1 saturated heterocycles. The average molecular weight is 299 g/mol. The van der Waals surface area contributed by atoms with E-state index in [1.54, 1.807) is 12.1 Å². The van der Waals surface area contributed by atoms with Gasteiger partial charge >= 0.3 is 0 Å². The third-order valence-corrected chi connectivity index (χ3v) is 3.90. The van der Waals surface area contributed by atoms with Gasteiger partial charge < -0.3 is 9.64 Å². The molecule has 1 heterocycles. The van der Waals surface area contributed by atoms with Crippen LogP contribution in [0.3, 0.4) is 0 Å². The molecule has 0 bridgehead atoms. The lowest BCUT2D eigenvalue weighted by molar-refractivity contribution is -0.385. The number of piperidine rings is 1. The number of anilines is 1. The van der Waals surface area contributed by atoms with Crippen LogP contribution in [0.25, 0.3) is 0 Å². The zero-order valence-electron chi connectivity index (χ0n) is 11.5. The van der Waals surface area contributed by atoms with Crippen molar-refractivity contribution in [2.24, 2.45) is 0 Å². The fourth-order valence-corrected chi connectivity index (χ4v) is 2.78. The van der Waals surface area contributed by atoms with Crippen LogP contribution in [0.15, 0.2) is 18.2 Å². The number of alkyl halides is 1. The molecule has 0 aromatic heterocycles. The van der Waals surface area contributed by atoms with Crippen molar-refractivity contribution in [2.45, 2.75) is 31.7 Å². The molecular formula is C14H19ClN2O3. The van der Waals surface area contributed by atoms with Gasteiger partial charge in [0.25, 0.3) is 5.69 Å². The largest absolute Gasteiger partial charge is 0.378 e. The summed E-state index contributed by atoms with van der Waals surface area (Å²) >= 11 is 5.81. The van der Waals surface area contributed by atoms with Crippen LogP contribution in [0.4, 0.5) is 11.4 Å². The second-order valence-electron chi connectivity index (χ2n) is 4.85. The fraction of sp³-hybridized carbons (Fsp3) is 0.571. The van der Waals surface area contributed by atoms with Crippen LogP contribution < -0.4 is 4.90 Å². The van der Waals surface area contributed by atoms with Gasteiger partial charge in [0.2, 0.25) is 0 Å². The maximum atomic E-state index is 10.9. The topological polar surface area (TPSA) is 55.6 Å². The Balaban J connectivity index is 2.08. The van der Waals surface area contributed by atoms with Crippen LogP contribution in [0.5, 0.6) is 0 Å². The van der Waals surface area contributed by atoms with Gasteiger partial charge in [-0.05, 0) is 31.9 Å². The minimum atomic E-state index is -0.386. The Kier molecular flexibility index (Phi) is 5.20. The first-order chi connectivity index (χ1) is 9.65. The van der Waals surface area contributed by atoms with Crippen molar-refractivity contribution < 1.29 is 9.66 Å². The smallest absolute Gasteiger partial charge is 0.273 e. The van der Waals surface area contributed by atoms with Gasteiger partial charge in [-0.2, -0.15) is 0 Å². The van der Waals surface area contributed by atoms with E-state index in [2.05, 4.69) is 4.90 Å². The van der Waals surface area contributed by atoms with E-state index in [9.17, 15) is 10.1 Å². The predicted molar refractivity (Wildman–Crippen MR) is 79.5 cm³/mol. The molecule has 6 heteroatoms. The van der Waals surface area contributed by atoms with Crippen molar-refractivity contribution in [3.8, 4) is 0 Å². The number of halogens is 1. The lowest BCUT2D eigenvalue weighted by atomic mass is 10.1. The number of ether oxygens (including phenoxy) is 1. The standard InChI is InChI=1S/C14H19ClN2O3/c1-2-20-13-5-7-16(8-6-13)12-3-4-14(17(18)19)11(9-12)10-15/h3-4,9,13H,2,5-8,10H2,1H3. The Hall–Kier alpha value is -1.33. The van der Waals surface area contributed by atoms with E-state index in [-0.39, 0.29) is 16.5 Å². The van der Waals surface area contributed by atoms with Gasteiger partial charge in [-0.3, -0.25) is 10.1 Å². The maximum absolute atomic E-state index is 10.9. The van der Waals surface area contributed by atoms with E-state index in [4.69, 9.17) is 16.3 Å². The van der Waals surface area contributed by atoms with Crippen LogP contribution >= 0.6 is 11.6 Å². The molecule has 0 saturated carbocycles. The second-order valence-corrected chi connectivity index (χ2v) is 5.11. The van der Waals surface area contributed by atoms with Crippen LogP contribution in [0, 0.1) is 10.1 Å². The van der Waals surface area contributed by atoms with Crippen molar-refractivity contribution in [1.82, 2.24) is 0 Å². The summed E-state index contributed by atoms with van der Waals surface area (Å²) in [5.41, 5.74) is 1.66. The van der Waals surface area contributed by atoms with Crippen LogP contribution in [0.1, 0.15) is 25.3 Å². The molecule has 1 fully saturated rings. The monoisotopic (exact) mass is 298 g/mol. The van der Waals surface area contributed by atoms with Gasteiger partial charge in [0.15, 0.2) is 0 Å². The maximum Gasteiger partial charge on any atom is 0.273 e. The number of nitrogens with zero attached hydrogens (tertiary/aromatic N) is 2. The molecule has 0 aliphatic carbocycles. The van der Waals surface area contributed by atoms with Crippen molar-refractivity contribution in [3.05, 3.63) is 33.9 Å². The normalized spacial score (nSPS) is 16.4. The molecule has 20 heavy (non-hydrogen) atoms. The van der Waals surface area contributed by atoms with E-state index < -0.39 is 0 Å². The first-order valence-corrected chi connectivity index (χ1v) is 7.39. The molecule has 2 rings (SSSR count). The molecule has 5 nitrogen and oxygen atoms in total. The third kappa shape index (κ3) is 3.41. The molecule has 0 spiro atoms. The lowest BCUT2D eigenvalue weighted by Gasteiger charge is -2.33. The zero-order valence-corrected chi connectivity index (χ0v) is 12.3. The van der Waals surface area contributed by atoms with Crippen LogP contribution in [-0.4, -0.2) is 30.7 Å². The van der Waals surface area contributed by atoms with Gasteiger partial charge in [-0.1, -0.05) is 0 Å². The molecule has 0 N–H and O–H groups in total. The summed E-state index contributed by atoms with van der Waals surface area (Å²) in [5, 5.41) is 10.9. The summed E-state index contributed by atoms with van der Waals surface area (Å²) in [6, 6.07) is 5.17. The Morgan fingerprint density at radius 1 is 1.45 bits per heavy atom. The molecule has 1 aromatic carbocycles. The summed E-state index contributed by atoms with van der Waals surface area (Å²) in [4.78, 5) is 12.7. The first-order valence-electron chi connectivity index (χ1n) is 6.85. The molecule has 0 amide bonds. The third-order valence-electron chi connectivity index (χ3n) is 3.61. The van der Waals surface area contributed by atoms with Crippen LogP contribution in [-0.2, 0) is 10.6 Å². The quantitative estimate of drug-likeness (QED) is 0.475. The number of rotatable bonds is 5. The molecule has 1 aliphatic heterocycles. The molecule has 0 radical (unpaired) electrons. The van der Waals surface area contributed by atoms with E-state index in [1.807, 2.05) is 13.0 Å². The zero-order chi connectivity index (χ0) is 14.5. The molecule has 0 unspecified atom stereocenters. The van der Waals surface area contributed by atoms with Gasteiger partial charge in [-0.15, -0.1) is 11.6 Å². The lowest BCUT2D eigenvalue weighted by Crippen LogP contribution is -2.37. The highest BCUT2D eigenvalue weighted by molar-refractivity contribution is 6.17. The van der Waals surface area contributed by atoms with Crippen LogP contribution in [0.2, 0.25) is 0 Å². The summed E-state index contributed by atoms with van der Waals surface area (Å²) < 4.78 is 5.63. The minimum Gasteiger partial charge on any atom is -0.378 e. The number of nitro benzene ring substituents is 1. The summed E-state index contributed by atoms with van der Waals surface area (Å²) in [5.74, 6) is 0.152. The summed E-state index contributed by atoms with van der Waals surface area (Å²) in [7, 11) is 0. The highest BCUT2D eigenvalue weighted by atomic mass is 35.5. The first kappa shape index (κ1) is 15.1. The number of nitro groups is 1. The van der Waals surface area contributed by atoms with Crippen molar-refractivity contribution >= 4 is 23.0 Å². The highest BCUT2D eigenvalue weighted by Crippen LogP contribution is 2.28. The molecule has 1 aromatic rings. The molecule has 110 valence electrons. The SMILES string of the molecule is CCOC1CCN(c2ccc([N+](=O)[O-])c(CCl)c2)CC1. The number of hydrogen-bond acceptors (Lipinski definition) is 4. The van der Waals surface area contributed by atoms with E-state index in [0.717, 1.165) is 38.2 Å². The van der Waals surface area contributed by atoms with Crippen molar-refractivity contribution in [1.29, 1.82) is 0 Å². The average Bonchev–Trinajstić information content (AvgIpc) is 2.47. The van der Waals surface area contributed by atoms with Crippen molar-refractivity contribution in [3.63, 3.8) is 0 Å². The summed E-state index contributed by atoms with van der Waals surface area (Å²) in [6.07, 6.45) is 2.31. The van der Waals surface area contributed by atoms with E-state index in [1.165, 1.54) is 0 Å². The van der Waals surface area contributed by atoms with Gasteiger partial charge in [0, 0.05) is 37.0 Å². The van der Waals surface area contributed by atoms with Gasteiger partial charge in [-0.25, -0.2) is 0 Å². The Morgan fingerprint density at radius 2 is 2.15 bits per heavy atom. The van der Waals surface area contributed by atoms with Crippen molar-refractivity contribution in [2.75, 3.05) is 24.6 Å².